The van der Waals surface area contributed by atoms with Gasteiger partial charge in [0.15, 0.2) is 11.6 Å². The predicted octanol–water partition coefficient (Wildman–Crippen LogP) is 2.03. The number of primary amides is 1. The van der Waals surface area contributed by atoms with Gasteiger partial charge in [0.1, 0.15) is 28.7 Å². The molecule has 222 valence electrons. The van der Waals surface area contributed by atoms with Crippen molar-refractivity contribution in [3.05, 3.63) is 75.8 Å². The summed E-state index contributed by atoms with van der Waals surface area (Å²) in [6.45, 7) is -0.139. The highest BCUT2D eigenvalue weighted by Gasteiger charge is 2.42. The van der Waals surface area contributed by atoms with E-state index in [2.05, 4.69) is 5.32 Å². The van der Waals surface area contributed by atoms with E-state index in [1.54, 1.807) is 18.2 Å². The van der Waals surface area contributed by atoms with Crippen LogP contribution in [0.4, 0.5) is 0 Å². The summed E-state index contributed by atoms with van der Waals surface area (Å²) in [6.07, 6.45) is -2.30. The number of aliphatic hydroxyl groups is 3. The third kappa shape index (κ3) is 5.76. The maximum atomic E-state index is 14.1. The third-order valence-corrected chi connectivity index (χ3v) is 7.89. The first-order valence-corrected chi connectivity index (χ1v) is 13.7. The number of benzene rings is 2. The number of phenolic OH excluding ortho intramolecular Hbond substituents is 1. The Labute approximate surface area is 246 Å². The first kappa shape index (κ1) is 30.8. The van der Waals surface area contributed by atoms with Crippen molar-refractivity contribution in [2.75, 3.05) is 20.0 Å². The molecule has 11 nitrogen and oxygen atoms in total. The van der Waals surface area contributed by atoms with Crippen molar-refractivity contribution in [2.24, 2.45) is 11.7 Å². The Balaban J connectivity index is 1.95. The average molecular weight is 598 g/mol. The number of allylic oxidation sites excluding steroid dienone is 2. The Hall–Kier alpha value is -4.19. The van der Waals surface area contributed by atoms with Crippen molar-refractivity contribution in [3.8, 4) is 16.9 Å². The first-order chi connectivity index (χ1) is 19.9. The number of carbonyl (C=O) groups excluding carboxylic acids is 4. The number of rotatable bonds is 6. The predicted molar refractivity (Wildman–Crippen MR) is 154 cm³/mol. The van der Waals surface area contributed by atoms with Gasteiger partial charge in [-0.15, -0.1) is 11.6 Å². The van der Waals surface area contributed by atoms with Gasteiger partial charge in [-0.2, -0.15) is 0 Å². The number of carbonyl (C=O) groups is 4. The van der Waals surface area contributed by atoms with Gasteiger partial charge in [0, 0.05) is 17.7 Å². The van der Waals surface area contributed by atoms with E-state index in [4.69, 9.17) is 17.3 Å². The number of alkyl halides is 1. The van der Waals surface area contributed by atoms with Crippen LogP contribution in [0.25, 0.3) is 11.1 Å². The zero-order valence-corrected chi connectivity index (χ0v) is 23.8. The number of nitrogens with one attached hydrogen (secondary N) is 1. The fraction of sp³-hybridized carbons (Fsp3) is 0.333. The van der Waals surface area contributed by atoms with Crippen LogP contribution < -0.4 is 11.1 Å². The first-order valence-electron chi connectivity index (χ1n) is 13.2. The Morgan fingerprint density at radius 3 is 2.38 bits per heavy atom. The number of nitrogens with zero attached hydrogens (tertiary/aromatic N) is 1. The maximum absolute atomic E-state index is 14.1. The Kier molecular flexibility index (Phi) is 9.05. The number of fused-ring (bicyclic) bond motifs is 2. The SMILES string of the molecule is CN(C)[C@@H]1/C(O)=C(/C(N)=O)C(=O)C/C(O)=C2/C(=O)c3c(O)c(CNC(=O)CCl)cc(-c4ccccc4)c3C[C@H]2C[C@@H]1O. The number of hydrogen-bond acceptors (Lipinski definition) is 9. The van der Waals surface area contributed by atoms with Crippen LogP contribution in [0, 0.1) is 5.92 Å². The molecule has 2 aromatic rings. The van der Waals surface area contributed by atoms with Crippen LogP contribution >= 0.6 is 11.6 Å². The lowest BCUT2D eigenvalue weighted by molar-refractivity contribution is -0.121. The molecule has 0 radical (unpaired) electrons. The number of ketones is 2. The number of nitrogens with two attached hydrogens (primary N) is 1. The summed E-state index contributed by atoms with van der Waals surface area (Å²) >= 11 is 5.60. The van der Waals surface area contributed by atoms with Crippen LogP contribution in [0.15, 0.2) is 59.1 Å². The highest BCUT2D eigenvalue weighted by atomic mass is 35.5. The van der Waals surface area contributed by atoms with Crippen molar-refractivity contribution in [3.63, 3.8) is 0 Å². The molecule has 0 spiro atoms. The normalized spacial score (nSPS) is 24.6. The monoisotopic (exact) mass is 597 g/mol. The molecule has 2 amide bonds. The number of likely N-dealkylation sites (N-methyl/N-ethyl adjacent to an activating group) is 1. The molecule has 0 fully saturated rings. The van der Waals surface area contributed by atoms with Gasteiger partial charge in [0.25, 0.3) is 5.91 Å². The van der Waals surface area contributed by atoms with Crippen molar-refractivity contribution in [2.45, 2.75) is 38.0 Å². The smallest absolute Gasteiger partial charge is 0.255 e. The maximum Gasteiger partial charge on any atom is 0.255 e. The molecule has 7 N–H and O–H groups in total. The van der Waals surface area contributed by atoms with Gasteiger partial charge < -0.3 is 31.5 Å². The fourth-order valence-electron chi connectivity index (χ4n) is 5.79. The third-order valence-electron chi connectivity index (χ3n) is 7.65. The molecule has 2 aliphatic rings. The second-order valence-corrected chi connectivity index (χ2v) is 10.9. The minimum Gasteiger partial charge on any atom is -0.511 e. The van der Waals surface area contributed by atoms with Crippen molar-refractivity contribution < 1.29 is 39.6 Å². The molecule has 0 saturated carbocycles. The number of phenols is 1. The van der Waals surface area contributed by atoms with Gasteiger partial charge in [-0.25, -0.2) is 0 Å². The molecule has 2 aromatic carbocycles. The van der Waals surface area contributed by atoms with Crippen molar-refractivity contribution >= 4 is 35.0 Å². The number of aromatic hydroxyl groups is 1. The van der Waals surface area contributed by atoms with E-state index >= 15 is 0 Å². The highest BCUT2D eigenvalue weighted by molar-refractivity contribution is 6.27. The second kappa shape index (κ2) is 12.4. The largest absolute Gasteiger partial charge is 0.511 e. The van der Waals surface area contributed by atoms with Crippen LogP contribution in [0.3, 0.4) is 0 Å². The fourth-order valence-corrected chi connectivity index (χ4v) is 5.89. The van der Waals surface area contributed by atoms with Gasteiger partial charge in [-0.3, -0.25) is 24.1 Å². The molecule has 0 unspecified atom stereocenters. The molecule has 0 aromatic heterocycles. The summed E-state index contributed by atoms with van der Waals surface area (Å²) in [5, 5.41) is 47.2. The van der Waals surface area contributed by atoms with Crippen LogP contribution in [0.2, 0.25) is 0 Å². The molecule has 0 aliphatic heterocycles. The molecular formula is C30H32ClN3O8. The zero-order chi connectivity index (χ0) is 30.9. The van der Waals surface area contributed by atoms with E-state index in [9.17, 15) is 39.6 Å². The molecular weight excluding hydrogens is 566 g/mol. The standard InChI is InChI=1S/C30H32ClN3O8/c1-34(2)26-21(37)10-15-8-18-17(14-6-4-3-5-7-14)9-16(13-33-22(38)12-31)27(39)24(18)28(40)23(15)19(35)11-20(36)25(29(26)41)30(32)42/h3-7,9,15,21,26,35,37,39,41H,8,10-13H2,1-2H3,(H2,32,42)(H,33,38)/b23-19-,29-25-/t15-,21-,26-/m0/s1. The molecule has 0 saturated heterocycles. The number of halogens is 1. The number of aliphatic hydroxyl groups excluding tert-OH is 3. The van der Waals surface area contributed by atoms with E-state index in [0.29, 0.717) is 11.1 Å². The lowest BCUT2D eigenvalue weighted by Crippen LogP contribution is -2.45. The van der Waals surface area contributed by atoms with Crippen LogP contribution in [0.1, 0.15) is 34.3 Å². The number of amides is 2. The molecule has 0 heterocycles. The van der Waals surface area contributed by atoms with E-state index in [1.807, 2.05) is 18.2 Å². The summed E-state index contributed by atoms with van der Waals surface area (Å²) < 4.78 is 0. The van der Waals surface area contributed by atoms with Gasteiger partial charge >= 0.3 is 0 Å². The van der Waals surface area contributed by atoms with Crippen molar-refractivity contribution in [1.82, 2.24) is 10.2 Å². The molecule has 12 heteroatoms. The molecule has 4 rings (SSSR count). The van der Waals surface area contributed by atoms with E-state index in [-0.39, 0.29) is 42.0 Å². The Morgan fingerprint density at radius 1 is 1.12 bits per heavy atom. The summed E-state index contributed by atoms with van der Waals surface area (Å²) in [4.78, 5) is 52.7. The number of hydrogen-bond donors (Lipinski definition) is 6. The Morgan fingerprint density at radius 2 is 1.79 bits per heavy atom. The summed E-state index contributed by atoms with van der Waals surface area (Å²) in [6, 6.07) is 9.50. The zero-order valence-electron chi connectivity index (χ0n) is 23.1. The summed E-state index contributed by atoms with van der Waals surface area (Å²) in [7, 11) is 3.06. The van der Waals surface area contributed by atoms with Crippen LogP contribution in [0.5, 0.6) is 5.75 Å². The van der Waals surface area contributed by atoms with Crippen molar-refractivity contribution in [1.29, 1.82) is 0 Å². The van der Waals surface area contributed by atoms with E-state index in [1.165, 1.54) is 19.0 Å². The van der Waals surface area contributed by atoms with Gasteiger partial charge in [0.05, 0.1) is 24.1 Å². The van der Waals surface area contributed by atoms with E-state index < -0.39 is 70.7 Å². The van der Waals surface area contributed by atoms with Crippen LogP contribution in [-0.2, 0) is 27.3 Å². The minimum atomic E-state index is -1.40. The van der Waals surface area contributed by atoms with Gasteiger partial charge in [0.2, 0.25) is 5.91 Å². The quantitative estimate of drug-likeness (QED) is 0.214. The highest BCUT2D eigenvalue weighted by Crippen LogP contribution is 2.45. The average Bonchev–Trinajstić information content (AvgIpc) is 2.91. The molecule has 0 bridgehead atoms. The van der Waals surface area contributed by atoms with Gasteiger partial charge in [-0.05, 0) is 55.6 Å². The Bertz CT molecular complexity index is 1520. The van der Waals surface area contributed by atoms with E-state index in [0.717, 1.165) is 5.56 Å². The molecule has 42 heavy (non-hydrogen) atoms. The summed E-state index contributed by atoms with van der Waals surface area (Å²) in [5.74, 6) is -6.47. The molecule has 3 atom stereocenters. The lowest BCUT2D eigenvalue weighted by atomic mass is 9.71. The second-order valence-electron chi connectivity index (χ2n) is 10.6. The summed E-state index contributed by atoms with van der Waals surface area (Å²) in [5.41, 5.74) is 6.29. The van der Waals surface area contributed by atoms with Gasteiger partial charge in [-0.1, -0.05) is 30.3 Å². The number of Topliss-reactive ketones (excluding diaryl/α,β-unsaturated/α-hetero) is 2. The van der Waals surface area contributed by atoms with Crippen LogP contribution in [-0.4, -0.2) is 80.8 Å². The minimum absolute atomic E-state index is 0.0745. The lowest BCUT2D eigenvalue weighted by Gasteiger charge is -2.35. The topological polar surface area (TPSA) is 190 Å². The molecule has 2 aliphatic carbocycles.